The van der Waals surface area contributed by atoms with E-state index in [-0.39, 0.29) is 23.6 Å². The molecule has 1 rings (SSSR count). The number of nitrogen functional groups attached to an aromatic ring is 1. The summed E-state index contributed by atoms with van der Waals surface area (Å²) in [6.07, 6.45) is -0.408. The van der Waals surface area contributed by atoms with Crippen LogP contribution in [-0.4, -0.2) is 41.9 Å². The lowest BCUT2D eigenvalue weighted by Crippen LogP contribution is -2.35. The highest BCUT2D eigenvalue weighted by Crippen LogP contribution is 2.17. The fourth-order valence-corrected chi connectivity index (χ4v) is 2.75. The fraction of sp³-hybridized carbons (Fsp3) is 0.417. The summed E-state index contributed by atoms with van der Waals surface area (Å²) in [5.74, 6) is 0. The Morgan fingerprint density at radius 3 is 2.70 bits per heavy atom. The van der Waals surface area contributed by atoms with Gasteiger partial charge in [0.2, 0.25) is 10.0 Å². The maximum Gasteiger partial charge on any atom is 0.241 e. The number of sulfonamides is 1. The first-order valence-corrected chi connectivity index (χ1v) is 7.24. The summed E-state index contributed by atoms with van der Waals surface area (Å²) in [7, 11) is -0.852. The normalized spacial score (nSPS) is 12.8. The monoisotopic (exact) mass is 299 g/mol. The minimum Gasteiger partial charge on any atom is -0.399 e. The zero-order chi connectivity index (χ0) is 15.2. The first-order chi connectivity index (χ1) is 9.44. The summed E-state index contributed by atoms with van der Waals surface area (Å²) in [6.45, 7) is 0.299. The third kappa shape index (κ3) is 4.18. The molecule has 1 aromatic rings. The van der Waals surface area contributed by atoms with Gasteiger partial charge in [-0.1, -0.05) is 0 Å². The van der Waals surface area contributed by atoms with Crippen molar-refractivity contribution in [3.8, 4) is 6.07 Å². The number of rotatable bonds is 7. The van der Waals surface area contributed by atoms with Gasteiger partial charge in [-0.25, -0.2) is 13.1 Å². The molecular formula is C12H17N3O4S. The Morgan fingerprint density at radius 1 is 1.45 bits per heavy atom. The first-order valence-electron chi connectivity index (χ1n) is 5.75. The maximum absolute atomic E-state index is 12.1. The number of nitrogens with two attached hydrogens (primary N) is 1. The second kappa shape index (κ2) is 7.21. The van der Waals surface area contributed by atoms with Crippen LogP contribution in [0.1, 0.15) is 5.56 Å². The van der Waals surface area contributed by atoms with Crippen molar-refractivity contribution in [3.05, 3.63) is 23.8 Å². The van der Waals surface area contributed by atoms with Crippen LogP contribution in [0.2, 0.25) is 0 Å². The molecule has 110 valence electrons. The number of benzene rings is 1. The van der Waals surface area contributed by atoms with Crippen LogP contribution in [0.3, 0.4) is 0 Å². The summed E-state index contributed by atoms with van der Waals surface area (Å²) >= 11 is 0. The number of hydrogen-bond acceptors (Lipinski definition) is 6. The number of nitrogens with one attached hydrogen (secondary N) is 1. The van der Waals surface area contributed by atoms with E-state index in [2.05, 4.69) is 4.72 Å². The van der Waals surface area contributed by atoms with Crippen LogP contribution in [0.5, 0.6) is 0 Å². The van der Waals surface area contributed by atoms with E-state index in [1.54, 1.807) is 0 Å². The van der Waals surface area contributed by atoms with Crippen molar-refractivity contribution < 1.29 is 17.9 Å². The van der Waals surface area contributed by atoms with Crippen LogP contribution >= 0.6 is 0 Å². The number of nitrogens with zero attached hydrogens (tertiary/aromatic N) is 1. The molecule has 0 aromatic heterocycles. The predicted octanol–water partition coefficient (Wildman–Crippen LogP) is 0.0802. The van der Waals surface area contributed by atoms with Gasteiger partial charge in [-0.3, -0.25) is 0 Å². The lowest BCUT2D eigenvalue weighted by molar-refractivity contribution is 0.0320. The molecule has 0 heterocycles. The molecule has 0 saturated heterocycles. The smallest absolute Gasteiger partial charge is 0.241 e. The second-order valence-electron chi connectivity index (χ2n) is 4.03. The van der Waals surface area contributed by atoms with Crippen molar-refractivity contribution in [3.63, 3.8) is 0 Å². The van der Waals surface area contributed by atoms with Crippen LogP contribution in [-0.2, 0) is 19.5 Å². The molecule has 1 atom stereocenters. The largest absolute Gasteiger partial charge is 0.399 e. The van der Waals surface area contributed by atoms with E-state index >= 15 is 0 Å². The average Bonchev–Trinajstić information content (AvgIpc) is 2.42. The summed E-state index contributed by atoms with van der Waals surface area (Å²) in [5, 5.41) is 8.97. The molecular weight excluding hydrogens is 282 g/mol. The highest BCUT2D eigenvalue weighted by Gasteiger charge is 2.20. The molecule has 1 aromatic carbocycles. The summed E-state index contributed by atoms with van der Waals surface area (Å²) in [5.41, 5.74) is 5.85. The molecule has 0 radical (unpaired) electrons. The minimum atomic E-state index is -3.81. The standard InChI is InChI=1S/C12H17N3O4S/c1-18-8-11(19-2)7-15-20(16,17)12-4-3-10(14)5-9(12)6-13/h3-5,11,15H,7-8,14H2,1-2H3. The lowest BCUT2D eigenvalue weighted by Gasteiger charge is -2.15. The van der Waals surface area contributed by atoms with E-state index in [0.717, 1.165) is 0 Å². The molecule has 0 saturated carbocycles. The van der Waals surface area contributed by atoms with Crippen LogP contribution < -0.4 is 10.5 Å². The Balaban J connectivity index is 2.92. The third-order valence-corrected chi connectivity index (χ3v) is 4.08. The van der Waals surface area contributed by atoms with Crippen molar-refractivity contribution in [1.29, 1.82) is 5.26 Å². The van der Waals surface area contributed by atoms with Crippen LogP contribution in [0.25, 0.3) is 0 Å². The second-order valence-corrected chi connectivity index (χ2v) is 5.77. The van der Waals surface area contributed by atoms with E-state index in [0.29, 0.717) is 5.69 Å². The maximum atomic E-state index is 12.1. The van der Waals surface area contributed by atoms with Crippen LogP contribution in [0.4, 0.5) is 5.69 Å². The fourth-order valence-electron chi connectivity index (χ4n) is 1.55. The van der Waals surface area contributed by atoms with Gasteiger partial charge in [0.15, 0.2) is 0 Å². The predicted molar refractivity (Wildman–Crippen MR) is 73.4 cm³/mol. The summed E-state index contributed by atoms with van der Waals surface area (Å²) in [4.78, 5) is -0.110. The Bertz CT molecular complexity index is 595. The Kier molecular flexibility index (Phi) is 5.91. The molecule has 0 spiro atoms. The van der Waals surface area contributed by atoms with Crippen molar-refractivity contribution >= 4 is 15.7 Å². The highest BCUT2D eigenvalue weighted by molar-refractivity contribution is 7.89. The number of anilines is 1. The van der Waals surface area contributed by atoms with Crippen LogP contribution in [0.15, 0.2) is 23.1 Å². The van der Waals surface area contributed by atoms with Crippen LogP contribution in [0, 0.1) is 11.3 Å². The van der Waals surface area contributed by atoms with E-state index in [4.69, 9.17) is 20.5 Å². The molecule has 0 amide bonds. The average molecular weight is 299 g/mol. The van der Waals surface area contributed by atoms with Gasteiger partial charge >= 0.3 is 0 Å². The highest BCUT2D eigenvalue weighted by atomic mass is 32.2. The molecule has 0 aliphatic heterocycles. The van der Waals surface area contributed by atoms with E-state index in [9.17, 15) is 8.42 Å². The van der Waals surface area contributed by atoms with Crippen molar-refractivity contribution in [2.75, 3.05) is 33.1 Å². The number of methoxy groups -OCH3 is 2. The van der Waals surface area contributed by atoms with Gasteiger partial charge in [0, 0.05) is 26.5 Å². The number of ether oxygens (including phenoxy) is 2. The zero-order valence-corrected chi connectivity index (χ0v) is 12.1. The molecule has 3 N–H and O–H groups in total. The first kappa shape index (κ1) is 16.4. The topological polar surface area (TPSA) is 114 Å². The van der Waals surface area contributed by atoms with Crippen molar-refractivity contribution in [2.24, 2.45) is 0 Å². The SMILES string of the molecule is COCC(CNS(=O)(=O)c1ccc(N)cc1C#N)OC. The Labute approximate surface area is 118 Å². The molecule has 0 bridgehead atoms. The quantitative estimate of drug-likeness (QED) is 0.689. The van der Waals surface area contributed by atoms with Gasteiger partial charge in [-0.05, 0) is 18.2 Å². The van der Waals surface area contributed by atoms with Crippen molar-refractivity contribution in [2.45, 2.75) is 11.0 Å². The number of nitriles is 1. The minimum absolute atomic E-state index is 0.00166. The van der Waals surface area contributed by atoms with Gasteiger partial charge in [-0.15, -0.1) is 0 Å². The summed E-state index contributed by atoms with van der Waals surface area (Å²) in [6, 6.07) is 5.86. The molecule has 0 aliphatic rings. The zero-order valence-electron chi connectivity index (χ0n) is 11.3. The third-order valence-electron chi connectivity index (χ3n) is 2.60. The van der Waals surface area contributed by atoms with Gasteiger partial charge in [0.25, 0.3) is 0 Å². The number of hydrogen-bond donors (Lipinski definition) is 2. The van der Waals surface area contributed by atoms with E-state index in [1.165, 1.54) is 32.4 Å². The van der Waals surface area contributed by atoms with Gasteiger partial charge in [-0.2, -0.15) is 5.26 Å². The lowest BCUT2D eigenvalue weighted by atomic mass is 10.2. The molecule has 0 aliphatic carbocycles. The Morgan fingerprint density at radius 2 is 2.15 bits per heavy atom. The summed E-state index contributed by atoms with van der Waals surface area (Å²) < 4.78 is 36.6. The van der Waals surface area contributed by atoms with Gasteiger partial charge in [0.05, 0.1) is 23.2 Å². The molecule has 8 heteroatoms. The van der Waals surface area contributed by atoms with Gasteiger partial charge in [0.1, 0.15) is 6.07 Å². The van der Waals surface area contributed by atoms with E-state index < -0.39 is 16.1 Å². The Hall–Kier alpha value is -1.66. The molecule has 20 heavy (non-hydrogen) atoms. The van der Waals surface area contributed by atoms with Gasteiger partial charge < -0.3 is 15.2 Å². The van der Waals surface area contributed by atoms with Crippen molar-refractivity contribution in [1.82, 2.24) is 4.72 Å². The van der Waals surface area contributed by atoms with E-state index in [1.807, 2.05) is 6.07 Å². The molecule has 1 unspecified atom stereocenters. The molecule has 0 fully saturated rings. The molecule has 7 nitrogen and oxygen atoms in total.